The molecule has 19 heavy (non-hydrogen) atoms. The summed E-state index contributed by atoms with van der Waals surface area (Å²) in [7, 11) is 0. The van der Waals surface area contributed by atoms with E-state index in [2.05, 4.69) is 43.9 Å². The minimum absolute atomic E-state index is 0.221. The number of nitrogens with zero attached hydrogens (tertiary/aromatic N) is 1. The zero-order valence-corrected chi connectivity index (χ0v) is 12.3. The molecule has 0 amide bonds. The van der Waals surface area contributed by atoms with Crippen molar-refractivity contribution in [1.29, 1.82) is 0 Å². The van der Waals surface area contributed by atoms with Gasteiger partial charge in [0.25, 0.3) is 0 Å². The smallest absolute Gasteiger partial charge is 0.120 e. The van der Waals surface area contributed by atoms with Crippen LogP contribution in [0.1, 0.15) is 32.8 Å². The maximum atomic E-state index is 6.10. The molecule has 0 radical (unpaired) electrons. The summed E-state index contributed by atoms with van der Waals surface area (Å²) in [4.78, 5) is 2.45. The Morgan fingerprint density at radius 1 is 1.37 bits per heavy atom. The monoisotopic (exact) mass is 262 g/mol. The van der Waals surface area contributed by atoms with Gasteiger partial charge in [-0.05, 0) is 43.9 Å². The molecule has 1 aliphatic heterocycles. The summed E-state index contributed by atoms with van der Waals surface area (Å²) in [6.07, 6.45) is 1.37. The number of hydrogen-bond acceptors (Lipinski definition) is 3. The van der Waals surface area contributed by atoms with E-state index in [0.29, 0.717) is 12.0 Å². The highest BCUT2D eigenvalue weighted by Crippen LogP contribution is 2.20. The van der Waals surface area contributed by atoms with Gasteiger partial charge in [0.05, 0.1) is 6.10 Å². The number of nitrogens with two attached hydrogens (primary N) is 1. The number of rotatable bonds is 4. The molecule has 1 saturated heterocycles. The Hall–Kier alpha value is -1.06. The molecule has 1 aromatic carbocycles. The molecule has 1 aliphatic rings. The average molecular weight is 262 g/mol. The van der Waals surface area contributed by atoms with E-state index in [0.717, 1.165) is 31.8 Å². The lowest BCUT2D eigenvalue weighted by molar-refractivity contribution is 0.158. The number of piperidine rings is 1. The Labute approximate surface area is 116 Å². The highest BCUT2D eigenvalue weighted by atomic mass is 16.5. The molecule has 0 aromatic heterocycles. The lowest BCUT2D eigenvalue weighted by Gasteiger charge is -2.34. The molecular formula is C16H26N2O. The number of likely N-dealkylation sites (tertiary alicyclic amines) is 1. The van der Waals surface area contributed by atoms with E-state index >= 15 is 0 Å². The second-order valence-electron chi connectivity index (χ2n) is 6.11. The van der Waals surface area contributed by atoms with E-state index in [1.54, 1.807) is 0 Å². The Balaban J connectivity index is 1.98. The quantitative estimate of drug-likeness (QED) is 0.906. The molecule has 106 valence electrons. The van der Waals surface area contributed by atoms with Crippen LogP contribution in [0.3, 0.4) is 0 Å². The van der Waals surface area contributed by atoms with E-state index in [1.165, 1.54) is 5.56 Å². The molecule has 1 fully saturated rings. The fourth-order valence-corrected chi connectivity index (χ4v) is 2.89. The predicted molar refractivity (Wildman–Crippen MR) is 79.2 cm³/mol. The average Bonchev–Trinajstić information content (AvgIpc) is 2.26. The van der Waals surface area contributed by atoms with Crippen LogP contribution in [0.2, 0.25) is 0 Å². The highest BCUT2D eigenvalue weighted by molar-refractivity contribution is 5.28. The normalized spacial score (nSPS) is 24.7. The number of hydrogen-bond donors (Lipinski definition) is 1. The molecule has 1 heterocycles. The highest BCUT2D eigenvalue weighted by Gasteiger charge is 2.21. The van der Waals surface area contributed by atoms with Crippen molar-refractivity contribution in [2.45, 2.75) is 45.9 Å². The largest absolute Gasteiger partial charge is 0.491 e. The van der Waals surface area contributed by atoms with Crippen molar-refractivity contribution in [1.82, 2.24) is 4.90 Å². The third-order valence-electron chi connectivity index (χ3n) is 3.44. The molecular weight excluding hydrogens is 236 g/mol. The van der Waals surface area contributed by atoms with E-state index in [4.69, 9.17) is 10.5 Å². The summed E-state index contributed by atoms with van der Waals surface area (Å²) in [6, 6.07) is 8.72. The molecule has 2 unspecified atom stereocenters. The van der Waals surface area contributed by atoms with Crippen LogP contribution in [0.15, 0.2) is 24.3 Å². The fourth-order valence-electron chi connectivity index (χ4n) is 2.89. The lowest BCUT2D eigenvalue weighted by atomic mass is 9.96. The van der Waals surface area contributed by atoms with Gasteiger partial charge in [-0.2, -0.15) is 0 Å². The molecule has 3 heteroatoms. The van der Waals surface area contributed by atoms with Gasteiger partial charge in [0.2, 0.25) is 0 Å². The Bertz CT molecular complexity index is 395. The molecule has 0 aliphatic carbocycles. The molecule has 2 atom stereocenters. The fraction of sp³-hybridized carbons (Fsp3) is 0.625. The lowest BCUT2D eigenvalue weighted by Crippen LogP contribution is -2.45. The van der Waals surface area contributed by atoms with Gasteiger partial charge in [0, 0.05) is 25.7 Å². The predicted octanol–water partition coefficient (Wildman–Crippen LogP) is 2.64. The molecule has 1 aromatic rings. The standard InChI is InChI=1S/C16H26N2O/c1-12(2)19-16-6-4-5-14(8-16)10-18-9-13(3)7-15(17)11-18/h4-6,8,12-13,15H,7,9-11,17H2,1-3H3. The first-order chi connectivity index (χ1) is 9.02. The van der Waals surface area contributed by atoms with Crippen molar-refractivity contribution in [3.05, 3.63) is 29.8 Å². The Kier molecular flexibility index (Phi) is 4.83. The molecule has 3 nitrogen and oxygen atoms in total. The summed E-state index contributed by atoms with van der Waals surface area (Å²) >= 11 is 0. The van der Waals surface area contributed by atoms with Crippen LogP contribution in [0.5, 0.6) is 5.75 Å². The Morgan fingerprint density at radius 3 is 2.84 bits per heavy atom. The van der Waals surface area contributed by atoms with Gasteiger partial charge in [0.1, 0.15) is 5.75 Å². The van der Waals surface area contributed by atoms with E-state index in [9.17, 15) is 0 Å². The third kappa shape index (κ3) is 4.51. The van der Waals surface area contributed by atoms with Gasteiger partial charge in [0.15, 0.2) is 0 Å². The van der Waals surface area contributed by atoms with Crippen LogP contribution in [-0.2, 0) is 6.54 Å². The second kappa shape index (κ2) is 6.40. The van der Waals surface area contributed by atoms with E-state index in [1.807, 2.05) is 6.07 Å². The van der Waals surface area contributed by atoms with Crippen LogP contribution in [0.4, 0.5) is 0 Å². The van der Waals surface area contributed by atoms with Gasteiger partial charge in [-0.15, -0.1) is 0 Å². The van der Waals surface area contributed by atoms with Gasteiger partial charge >= 0.3 is 0 Å². The molecule has 0 spiro atoms. The van der Waals surface area contributed by atoms with Crippen molar-refractivity contribution >= 4 is 0 Å². The van der Waals surface area contributed by atoms with Crippen LogP contribution in [0, 0.1) is 5.92 Å². The van der Waals surface area contributed by atoms with Crippen molar-refractivity contribution < 1.29 is 4.74 Å². The summed E-state index contributed by atoms with van der Waals surface area (Å²) < 4.78 is 5.74. The molecule has 2 rings (SSSR count). The number of ether oxygens (including phenoxy) is 1. The van der Waals surface area contributed by atoms with Crippen molar-refractivity contribution in [2.24, 2.45) is 11.7 Å². The first-order valence-electron chi connectivity index (χ1n) is 7.26. The second-order valence-corrected chi connectivity index (χ2v) is 6.11. The molecule has 2 N–H and O–H groups in total. The van der Waals surface area contributed by atoms with Crippen LogP contribution < -0.4 is 10.5 Å². The van der Waals surface area contributed by atoms with Gasteiger partial charge in [-0.1, -0.05) is 19.1 Å². The zero-order chi connectivity index (χ0) is 13.8. The Morgan fingerprint density at radius 2 is 2.16 bits per heavy atom. The first-order valence-corrected chi connectivity index (χ1v) is 7.26. The van der Waals surface area contributed by atoms with Crippen molar-refractivity contribution in [3.8, 4) is 5.75 Å². The minimum atomic E-state index is 0.221. The first kappa shape index (κ1) is 14.4. The third-order valence-corrected chi connectivity index (χ3v) is 3.44. The van der Waals surface area contributed by atoms with Crippen LogP contribution >= 0.6 is 0 Å². The summed E-state index contributed by atoms with van der Waals surface area (Å²) in [5, 5.41) is 0. The summed E-state index contributed by atoms with van der Waals surface area (Å²) in [5.41, 5.74) is 7.40. The number of benzene rings is 1. The van der Waals surface area contributed by atoms with Crippen LogP contribution in [0.25, 0.3) is 0 Å². The summed E-state index contributed by atoms with van der Waals surface area (Å²) in [6.45, 7) is 9.50. The van der Waals surface area contributed by atoms with E-state index in [-0.39, 0.29) is 6.10 Å². The van der Waals surface area contributed by atoms with Gasteiger partial charge in [-0.25, -0.2) is 0 Å². The summed E-state index contributed by atoms with van der Waals surface area (Å²) in [5.74, 6) is 1.65. The minimum Gasteiger partial charge on any atom is -0.491 e. The maximum Gasteiger partial charge on any atom is 0.120 e. The van der Waals surface area contributed by atoms with Gasteiger partial charge < -0.3 is 10.5 Å². The van der Waals surface area contributed by atoms with Crippen molar-refractivity contribution in [3.63, 3.8) is 0 Å². The van der Waals surface area contributed by atoms with Gasteiger partial charge in [-0.3, -0.25) is 4.90 Å². The van der Waals surface area contributed by atoms with E-state index < -0.39 is 0 Å². The zero-order valence-electron chi connectivity index (χ0n) is 12.3. The van der Waals surface area contributed by atoms with Crippen LogP contribution in [-0.4, -0.2) is 30.1 Å². The molecule has 0 saturated carbocycles. The topological polar surface area (TPSA) is 38.5 Å². The SMILES string of the molecule is CC1CC(N)CN(Cc2cccc(OC(C)C)c2)C1. The molecule has 0 bridgehead atoms. The van der Waals surface area contributed by atoms with Crippen molar-refractivity contribution in [2.75, 3.05) is 13.1 Å². The maximum absolute atomic E-state index is 6.10.